The molecular weight excluding hydrogens is 245 g/mol. The molecule has 0 unspecified atom stereocenters. The molecule has 0 saturated heterocycles. The van der Waals surface area contributed by atoms with Crippen molar-refractivity contribution < 1.29 is 0 Å². The van der Waals surface area contributed by atoms with Crippen LogP contribution in [0.4, 0.5) is 0 Å². The maximum absolute atomic E-state index is 4.32. The topological polar surface area (TPSA) is 12.9 Å². The van der Waals surface area contributed by atoms with Gasteiger partial charge in [-0.1, -0.05) is 13.8 Å². The van der Waals surface area contributed by atoms with Gasteiger partial charge in [-0.2, -0.15) is 0 Å². The molecule has 0 radical (unpaired) electrons. The smallest absolute Gasteiger partial charge is 0.154 e. The molecule has 1 rings (SSSR count). The highest BCUT2D eigenvalue weighted by atomic mass is 127. The lowest BCUT2D eigenvalue weighted by Gasteiger charge is -1.94. The summed E-state index contributed by atoms with van der Waals surface area (Å²) in [7, 11) is 0. The Morgan fingerprint density at radius 1 is 1.67 bits per heavy atom. The lowest BCUT2D eigenvalue weighted by molar-refractivity contribution is 0.830. The second-order valence-electron chi connectivity index (χ2n) is 2.18. The quantitative estimate of drug-likeness (QED) is 0.701. The van der Waals surface area contributed by atoms with Gasteiger partial charge in [0.1, 0.15) is 0 Å². The predicted molar refractivity (Wildman–Crippen MR) is 48.9 cm³/mol. The minimum atomic E-state index is 0.574. The predicted octanol–water partition coefficient (Wildman–Crippen LogP) is 2.87. The SMILES string of the molecule is CC(C)c1csc(I)n1. The molecule has 50 valence electrons. The molecule has 3 heteroatoms. The molecule has 0 bridgehead atoms. The maximum atomic E-state index is 4.32. The fraction of sp³-hybridized carbons (Fsp3) is 0.500. The number of rotatable bonds is 1. The lowest BCUT2D eigenvalue weighted by Crippen LogP contribution is -1.85. The van der Waals surface area contributed by atoms with Crippen LogP contribution in [0.3, 0.4) is 0 Å². The van der Waals surface area contributed by atoms with Crippen LogP contribution >= 0.6 is 33.9 Å². The molecule has 1 aromatic rings. The summed E-state index contributed by atoms with van der Waals surface area (Å²) in [5, 5.41) is 2.12. The van der Waals surface area contributed by atoms with Crippen molar-refractivity contribution in [2.24, 2.45) is 0 Å². The Morgan fingerprint density at radius 3 is 2.56 bits per heavy atom. The molecule has 1 nitrogen and oxygen atoms in total. The number of hydrogen-bond acceptors (Lipinski definition) is 2. The summed E-state index contributed by atoms with van der Waals surface area (Å²) in [6, 6.07) is 0. The van der Waals surface area contributed by atoms with Crippen LogP contribution in [0, 0.1) is 3.01 Å². The van der Waals surface area contributed by atoms with Gasteiger partial charge in [-0.3, -0.25) is 0 Å². The number of halogens is 1. The van der Waals surface area contributed by atoms with Crippen LogP contribution < -0.4 is 0 Å². The molecule has 1 aromatic heterocycles. The summed E-state index contributed by atoms with van der Waals surface area (Å²) in [5.41, 5.74) is 1.21. The molecule has 0 N–H and O–H groups in total. The number of thiazole rings is 1. The average Bonchev–Trinajstić information content (AvgIpc) is 2.14. The van der Waals surface area contributed by atoms with Crippen molar-refractivity contribution in [2.45, 2.75) is 19.8 Å². The fourth-order valence-electron chi connectivity index (χ4n) is 0.528. The van der Waals surface area contributed by atoms with E-state index in [9.17, 15) is 0 Å². The normalized spacial score (nSPS) is 10.7. The molecule has 0 aliphatic carbocycles. The van der Waals surface area contributed by atoms with Crippen LogP contribution in [0.5, 0.6) is 0 Å². The molecule has 0 aliphatic heterocycles. The van der Waals surface area contributed by atoms with E-state index in [0.717, 1.165) is 3.01 Å². The molecular formula is C6H8INS. The second kappa shape index (κ2) is 2.96. The van der Waals surface area contributed by atoms with E-state index in [1.807, 2.05) is 0 Å². The van der Waals surface area contributed by atoms with E-state index in [1.54, 1.807) is 11.3 Å². The fourth-order valence-corrected chi connectivity index (χ4v) is 1.89. The Morgan fingerprint density at radius 2 is 2.33 bits per heavy atom. The van der Waals surface area contributed by atoms with Crippen LogP contribution in [0.2, 0.25) is 0 Å². The first-order valence-electron chi connectivity index (χ1n) is 2.81. The molecule has 0 fully saturated rings. The third-order valence-corrected chi connectivity index (χ3v) is 2.73. The van der Waals surface area contributed by atoms with Gasteiger partial charge in [0, 0.05) is 5.38 Å². The van der Waals surface area contributed by atoms with E-state index in [4.69, 9.17) is 0 Å². The van der Waals surface area contributed by atoms with E-state index in [0.29, 0.717) is 5.92 Å². The Labute approximate surface area is 72.6 Å². The van der Waals surface area contributed by atoms with Gasteiger partial charge in [0.25, 0.3) is 0 Å². The Bertz CT molecular complexity index is 195. The van der Waals surface area contributed by atoms with Crippen LogP contribution in [0.1, 0.15) is 25.5 Å². The van der Waals surface area contributed by atoms with Crippen molar-refractivity contribution >= 4 is 33.9 Å². The zero-order valence-corrected chi connectivity index (χ0v) is 8.36. The molecule has 0 amide bonds. The highest BCUT2D eigenvalue weighted by Gasteiger charge is 2.01. The highest BCUT2D eigenvalue weighted by Crippen LogP contribution is 2.18. The van der Waals surface area contributed by atoms with Crippen LogP contribution in [-0.2, 0) is 0 Å². The molecule has 0 saturated carbocycles. The van der Waals surface area contributed by atoms with Crippen molar-refractivity contribution in [1.29, 1.82) is 0 Å². The third kappa shape index (κ3) is 1.89. The van der Waals surface area contributed by atoms with Crippen molar-refractivity contribution in [3.63, 3.8) is 0 Å². The van der Waals surface area contributed by atoms with Crippen LogP contribution in [0.15, 0.2) is 5.38 Å². The molecule has 0 spiro atoms. The third-order valence-electron chi connectivity index (χ3n) is 1.09. The van der Waals surface area contributed by atoms with Gasteiger partial charge in [-0.15, -0.1) is 11.3 Å². The van der Waals surface area contributed by atoms with Gasteiger partial charge in [0.2, 0.25) is 0 Å². The Hall–Kier alpha value is 0.360. The summed E-state index contributed by atoms with van der Waals surface area (Å²) < 4.78 is 1.14. The van der Waals surface area contributed by atoms with E-state index in [2.05, 4.69) is 46.8 Å². The van der Waals surface area contributed by atoms with Gasteiger partial charge in [-0.25, -0.2) is 4.98 Å². The van der Waals surface area contributed by atoms with E-state index in [1.165, 1.54) is 5.69 Å². The van der Waals surface area contributed by atoms with Gasteiger partial charge >= 0.3 is 0 Å². The lowest BCUT2D eigenvalue weighted by atomic mass is 10.2. The van der Waals surface area contributed by atoms with E-state index < -0.39 is 0 Å². The van der Waals surface area contributed by atoms with Crippen molar-refractivity contribution in [2.75, 3.05) is 0 Å². The Balaban J connectivity index is 2.85. The first kappa shape index (κ1) is 7.47. The largest absolute Gasteiger partial charge is 0.235 e. The minimum Gasteiger partial charge on any atom is -0.235 e. The van der Waals surface area contributed by atoms with E-state index in [-0.39, 0.29) is 0 Å². The zero-order chi connectivity index (χ0) is 6.85. The van der Waals surface area contributed by atoms with Crippen molar-refractivity contribution in [1.82, 2.24) is 4.98 Å². The first-order valence-corrected chi connectivity index (χ1v) is 4.77. The van der Waals surface area contributed by atoms with Gasteiger partial charge in [0.05, 0.1) is 5.69 Å². The summed E-state index contributed by atoms with van der Waals surface area (Å²) >= 11 is 3.95. The molecule has 0 aromatic carbocycles. The molecule has 0 aliphatic rings. The number of nitrogens with zero attached hydrogens (tertiary/aromatic N) is 1. The Kier molecular flexibility index (Phi) is 2.46. The van der Waals surface area contributed by atoms with E-state index >= 15 is 0 Å². The highest BCUT2D eigenvalue weighted by molar-refractivity contribution is 14.1. The monoisotopic (exact) mass is 253 g/mol. The maximum Gasteiger partial charge on any atom is 0.154 e. The van der Waals surface area contributed by atoms with Crippen molar-refractivity contribution in [3.8, 4) is 0 Å². The van der Waals surface area contributed by atoms with Gasteiger partial charge in [0.15, 0.2) is 3.01 Å². The standard InChI is InChI=1S/C6H8INS/c1-4(2)5-3-9-6(7)8-5/h3-4H,1-2H3. The van der Waals surface area contributed by atoms with Crippen molar-refractivity contribution in [3.05, 3.63) is 14.1 Å². The summed E-state index contributed by atoms with van der Waals surface area (Å²) in [6.07, 6.45) is 0. The average molecular weight is 253 g/mol. The molecule has 1 heterocycles. The molecule has 0 atom stereocenters. The van der Waals surface area contributed by atoms with Crippen LogP contribution in [-0.4, -0.2) is 4.98 Å². The second-order valence-corrected chi connectivity index (χ2v) is 4.79. The number of aromatic nitrogens is 1. The molecule has 9 heavy (non-hydrogen) atoms. The van der Waals surface area contributed by atoms with Gasteiger partial charge < -0.3 is 0 Å². The summed E-state index contributed by atoms with van der Waals surface area (Å²) in [5.74, 6) is 0.574. The van der Waals surface area contributed by atoms with Crippen LogP contribution in [0.25, 0.3) is 0 Å². The summed E-state index contributed by atoms with van der Waals surface area (Å²) in [4.78, 5) is 4.32. The first-order chi connectivity index (χ1) is 4.20. The van der Waals surface area contributed by atoms with Gasteiger partial charge in [-0.05, 0) is 28.5 Å². The number of hydrogen-bond donors (Lipinski definition) is 0. The summed E-state index contributed by atoms with van der Waals surface area (Å²) in [6.45, 7) is 4.32. The zero-order valence-electron chi connectivity index (χ0n) is 5.39. The minimum absolute atomic E-state index is 0.574.